The maximum Gasteiger partial charge on any atom is 0.255 e. The molecule has 112 valence electrons. The average molecular weight is 301 g/mol. The Morgan fingerprint density at radius 1 is 0.652 bits per heavy atom. The van der Waals surface area contributed by atoms with E-state index in [1.807, 2.05) is 60.7 Å². The summed E-state index contributed by atoms with van der Waals surface area (Å²) in [7, 11) is 0. The molecule has 0 fully saturated rings. The molecule has 0 aliphatic heterocycles. The van der Waals surface area contributed by atoms with Crippen LogP contribution in [0.2, 0.25) is 0 Å². The molecule has 0 saturated heterocycles. The first-order valence-electron chi connectivity index (χ1n) is 7.24. The van der Waals surface area contributed by atoms with E-state index in [-0.39, 0.29) is 5.91 Å². The normalized spacial score (nSPS) is 10.6. The number of carbonyl (C=O) groups excluding carboxylic acids is 1. The molecule has 1 amide bonds. The lowest BCUT2D eigenvalue weighted by Gasteiger charge is -2.04. The molecule has 0 atom stereocenters. The molecule has 3 rings (SSSR count). The molecule has 0 saturated carbocycles. The van der Waals surface area contributed by atoms with Crippen LogP contribution >= 0.6 is 0 Å². The van der Waals surface area contributed by atoms with Crippen LogP contribution in [0, 0.1) is 0 Å². The second kappa shape index (κ2) is 7.13. The van der Waals surface area contributed by atoms with Gasteiger partial charge in [-0.2, -0.15) is 10.2 Å². The van der Waals surface area contributed by atoms with Crippen LogP contribution in [0.25, 0.3) is 0 Å². The number of nitrogens with zero attached hydrogens (tertiary/aromatic N) is 2. The van der Waals surface area contributed by atoms with E-state index in [0.29, 0.717) is 11.3 Å². The highest BCUT2D eigenvalue weighted by atomic mass is 16.1. The molecule has 0 radical (unpaired) electrons. The first-order valence-corrected chi connectivity index (χ1v) is 7.24. The summed E-state index contributed by atoms with van der Waals surface area (Å²) in [5.41, 5.74) is 2.83. The molecule has 23 heavy (non-hydrogen) atoms. The van der Waals surface area contributed by atoms with Crippen molar-refractivity contribution in [2.45, 2.75) is 0 Å². The van der Waals surface area contributed by atoms with Crippen LogP contribution in [0.5, 0.6) is 0 Å². The van der Waals surface area contributed by atoms with E-state index >= 15 is 0 Å². The highest BCUT2D eigenvalue weighted by Gasteiger charge is 2.05. The number of para-hydroxylation sites is 1. The van der Waals surface area contributed by atoms with E-state index in [9.17, 15) is 4.79 Å². The van der Waals surface area contributed by atoms with Gasteiger partial charge in [-0.15, -0.1) is 0 Å². The molecule has 3 aromatic carbocycles. The van der Waals surface area contributed by atoms with Gasteiger partial charge in [0.05, 0.1) is 11.4 Å². The minimum absolute atomic E-state index is 0.150. The summed E-state index contributed by atoms with van der Waals surface area (Å²) >= 11 is 0. The van der Waals surface area contributed by atoms with E-state index in [1.165, 1.54) is 0 Å². The van der Waals surface area contributed by atoms with Gasteiger partial charge in [-0.05, 0) is 48.5 Å². The van der Waals surface area contributed by atoms with Gasteiger partial charge < -0.3 is 5.32 Å². The van der Waals surface area contributed by atoms with Gasteiger partial charge in [0, 0.05) is 11.3 Å². The van der Waals surface area contributed by atoms with Crippen LogP contribution in [0.4, 0.5) is 17.1 Å². The third-order valence-electron chi connectivity index (χ3n) is 3.20. The largest absolute Gasteiger partial charge is 0.322 e. The topological polar surface area (TPSA) is 53.8 Å². The van der Waals surface area contributed by atoms with E-state index in [4.69, 9.17) is 0 Å². The third kappa shape index (κ3) is 4.11. The van der Waals surface area contributed by atoms with E-state index in [0.717, 1.165) is 11.4 Å². The molecule has 0 spiro atoms. The van der Waals surface area contributed by atoms with Crippen molar-refractivity contribution in [3.05, 3.63) is 90.5 Å². The Bertz CT molecular complexity index is 797. The number of carbonyl (C=O) groups is 1. The van der Waals surface area contributed by atoms with Gasteiger partial charge in [0.15, 0.2) is 0 Å². The highest BCUT2D eigenvalue weighted by molar-refractivity contribution is 6.04. The molecule has 0 heterocycles. The summed E-state index contributed by atoms with van der Waals surface area (Å²) in [4.78, 5) is 12.1. The minimum atomic E-state index is -0.150. The molecule has 0 bridgehead atoms. The lowest BCUT2D eigenvalue weighted by atomic mass is 10.2. The van der Waals surface area contributed by atoms with E-state index < -0.39 is 0 Å². The molecule has 0 aromatic heterocycles. The van der Waals surface area contributed by atoms with Gasteiger partial charge in [0.25, 0.3) is 5.91 Å². The lowest BCUT2D eigenvalue weighted by Crippen LogP contribution is -2.11. The Morgan fingerprint density at radius 2 is 1.17 bits per heavy atom. The van der Waals surface area contributed by atoms with Gasteiger partial charge in [-0.25, -0.2) is 0 Å². The van der Waals surface area contributed by atoms with Crippen LogP contribution < -0.4 is 5.32 Å². The molecule has 0 aliphatic rings. The molecule has 4 nitrogen and oxygen atoms in total. The summed E-state index contributed by atoms with van der Waals surface area (Å²) in [6.45, 7) is 0. The van der Waals surface area contributed by atoms with E-state index in [1.54, 1.807) is 24.3 Å². The number of benzene rings is 3. The lowest BCUT2D eigenvalue weighted by molar-refractivity contribution is 0.102. The van der Waals surface area contributed by atoms with Crippen molar-refractivity contribution in [1.29, 1.82) is 0 Å². The molecule has 4 heteroatoms. The van der Waals surface area contributed by atoms with Gasteiger partial charge in [-0.3, -0.25) is 4.79 Å². The third-order valence-corrected chi connectivity index (χ3v) is 3.20. The van der Waals surface area contributed by atoms with Crippen molar-refractivity contribution in [1.82, 2.24) is 0 Å². The molecule has 3 aromatic rings. The summed E-state index contributed by atoms with van der Waals surface area (Å²) in [5, 5.41) is 11.1. The Balaban J connectivity index is 1.67. The predicted molar refractivity (Wildman–Crippen MR) is 91.5 cm³/mol. The van der Waals surface area contributed by atoms with E-state index in [2.05, 4.69) is 15.5 Å². The summed E-state index contributed by atoms with van der Waals surface area (Å²) in [5.74, 6) is -0.150. The SMILES string of the molecule is O=C(Nc1ccccc1)c1ccc(/N=N/c2ccccc2)cc1. The fourth-order valence-corrected chi connectivity index (χ4v) is 2.01. The second-order valence-electron chi connectivity index (χ2n) is 4.90. The number of hydrogen-bond acceptors (Lipinski definition) is 3. The first-order chi connectivity index (χ1) is 11.3. The van der Waals surface area contributed by atoms with Crippen molar-refractivity contribution >= 4 is 23.0 Å². The maximum absolute atomic E-state index is 12.1. The monoisotopic (exact) mass is 301 g/mol. The number of anilines is 1. The highest BCUT2D eigenvalue weighted by Crippen LogP contribution is 2.18. The van der Waals surface area contributed by atoms with Gasteiger partial charge in [-0.1, -0.05) is 36.4 Å². The van der Waals surface area contributed by atoms with Crippen LogP contribution in [-0.4, -0.2) is 5.91 Å². The van der Waals surface area contributed by atoms with Crippen molar-refractivity contribution in [3.63, 3.8) is 0 Å². The van der Waals surface area contributed by atoms with Gasteiger partial charge in [0.1, 0.15) is 0 Å². The van der Waals surface area contributed by atoms with Crippen molar-refractivity contribution in [2.75, 3.05) is 5.32 Å². The van der Waals surface area contributed by atoms with Crippen molar-refractivity contribution in [2.24, 2.45) is 10.2 Å². The van der Waals surface area contributed by atoms with Crippen molar-refractivity contribution in [3.8, 4) is 0 Å². The Kier molecular flexibility index (Phi) is 4.55. The number of hydrogen-bond donors (Lipinski definition) is 1. The predicted octanol–water partition coefficient (Wildman–Crippen LogP) is 5.35. The zero-order valence-electron chi connectivity index (χ0n) is 12.4. The summed E-state index contributed by atoms with van der Waals surface area (Å²) in [6.07, 6.45) is 0. The zero-order chi connectivity index (χ0) is 15.9. The molecular formula is C19H15N3O. The number of rotatable bonds is 4. The number of amides is 1. The number of azo groups is 1. The van der Waals surface area contributed by atoms with Crippen LogP contribution in [-0.2, 0) is 0 Å². The zero-order valence-corrected chi connectivity index (χ0v) is 12.4. The van der Waals surface area contributed by atoms with Crippen LogP contribution in [0.1, 0.15) is 10.4 Å². The number of nitrogens with one attached hydrogen (secondary N) is 1. The Labute approximate surface area is 134 Å². The van der Waals surface area contributed by atoms with Crippen molar-refractivity contribution < 1.29 is 4.79 Å². The molecule has 0 unspecified atom stereocenters. The summed E-state index contributed by atoms with van der Waals surface area (Å²) < 4.78 is 0. The van der Waals surface area contributed by atoms with Crippen LogP contribution in [0.3, 0.4) is 0 Å². The minimum Gasteiger partial charge on any atom is -0.322 e. The average Bonchev–Trinajstić information content (AvgIpc) is 2.62. The fourth-order valence-electron chi connectivity index (χ4n) is 2.01. The summed E-state index contributed by atoms with van der Waals surface area (Å²) in [6, 6.07) is 25.9. The fraction of sp³-hybridized carbons (Fsp3) is 0. The molecular weight excluding hydrogens is 286 g/mol. The van der Waals surface area contributed by atoms with Crippen LogP contribution in [0.15, 0.2) is 95.2 Å². The Hall–Kier alpha value is -3.27. The maximum atomic E-state index is 12.1. The quantitative estimate of drug-likeness (QED) is 0.648. The standard InChI is InChI=1S/C19H15N3O/c23-19(20-16-7-3-1-4-8-16)15-11-13-18(14-12-15)22-21-17-9-5-2-6-10-17/h1-14H,(H,20,23)/b22-21+. The van der Waals surface area contributed by atoms with Gasteiger partial charge in [0.2, 0.25) is 0 Å². The van der Waals surface area contributed by atoms with Gasteiger partial charge >= 0.3 is 0 Å². The smallest absolute Gasteiger partial charge is 0.255 e. The molecule has 1 N–H and O–H groups in total. The first kappa shape index (κ1) is 14.7. The second-order valence-corrected chi connectivity index (χ2v) is 4.90. The molecule has 0 aliphatic carbocycles. The Morgan fingerprint density at radius 3 is 1.78 bits per heavy atom.